The topological polar surface area (TPSA) is 18.5 Å². The van der Waals surface area contributed by atoms with Crippen molar-refractivity contribution in [1.29, 1.82) is 0 Å². The molecule has 3 heteroatoms. The van der Waals surface area contributed by atoms with E-state index in [0.29, 0.717) is 6.10 Å². The van der Waals surface area contributed by atoms with Crippen LogP contribution in [0.2, 0.25) is 18.6 Å². The lowest BCUT2D eigenvalue weighted by Crippen LogP contribution is -2.50. The summed E-state index contributed by atoms with van der Waals surface area (Å²) in [7, 11) is -1.04. The third kappa shape index (κ3) is 2.27. The number of hydrogen-bond acceptors (Lipinski definition) is 2. The Labute approximate surface area is 110 Å². The van der Waals surface area contributed by atoms with Crippen molar-refractivity contribution < 1.29 is 9.47 Å². The standard InChI is InChI=1S/C15H22O2Si/c1-12-8-9-16-15(17-12)13-4-6-14(7-5-13)18(2)10-3-11-18/h4-7,12,15H,3,8-11H2,1-2H3. The van der Waals surface area contributed by atoms with Crippen molar-refractivity contribution in [2.45, 2.75) is 50.8 Å². The van der Waals surface area contributed by atoms with Crippen LogP contribution < -0.4 is 5.19 Å². The molecule has 2 unspecified atom stereocenters. The molecule has 0 bridgehead atoms. The average molecular weight is 262 g/mol. The largest absolute Gasteiger partial charge is 0.348 e. The number of hydrogen-bond donors (Lipinski definition) is 0. The normalized spacial score (nSPS) is 30.8. The van der Waals surface area contributed by atoms with Crippen LogP contribution in [0.4, 0.5) is 0 Å². The van der Waals surface area contributed by atoms with E-state index in [1.54, 1.807) is 5.19 Å². The molecule has 1 aromatic rings. The lowest BCUT2D eigenvalue weighted by atomic mass is 10.2. The first-order chi connectivity index (χ1) is 8.67. The maximum absolute atomic E-state index is 5.83. The summed E-state index contributed by atoms with van der Waals surface area (Å²) in [6, 6.07) is 11.9. The van der Waals surface area contributed by atoms with E-state index in [0.717, 1.165) is 13.0 Å². The van der Waals surface area contributed by atoms with Crippen molar-refractivity contribution in [1.82, 2.24) is 0 Å². The van der Waals surface area contributed by atoms with Gasteiger partial charge in [0.2, 0.25) is 0 Å². The molecule has 18 heavy (non-hydrogen) atoms. The summed E-state index contributed by atoms with van der Waals surface area (Å²) in [5, 5.41) is 1.60. The highest BCUT2D eigenvalue weighted by atomic mass is 28.3. The first-order valence-corrected chi connectivity index (χ1v) is 9.96. The van der Waals surface area contributed by atoms with Gasteiger partial charge in [-0.15, -0.1) is 0 Å². The highest BCUT2D eigenvalue weighted by Gasteiger charge is 2.36. The highest BCUT2D eigenvalue weighted by molar-refractivity contribution is 6.92. The minimum atomic E-state index is -1.04. The van der Waals surface area contributed by atoms with Gasteiger partial charge in [-0.2, -0.15) is 0 Å². The molecule has 0 N–H and O–H groups in total. The van der Waals surface area contributed by atoms with Gasteiger partial charge in [-0.3, -0.25) is 0 Å². The molecule has 2 atom stereocenters. The Balaban J connectivity index is 1.74. The van der Waals surface area contributed by atoms with E-state index in [1.807, 2.05) is 0 Å². The van der Waals surface area contributed by atoms with E-state index >= 15 is 0 Å². The Hall–Kier alpha value is -0.643. The van der Waals surface area contributed by atoms with Gasteiger partial charge in [0.15, 0.2) is 6.29 Å². The van der Waals surface area contributed by atoms with Gasteiger partial charge in [-0.1, -0.05) is 54.5 Å². The fraction of sp³-hybridized carbons (Fsp3) is 0.600. The van der Waals surface area contributed by atoms with Gasteiger partial charge in [-0.25, -0.2) is 0 Å². The number of ether oxygens (including phenoxy) is 2. The van der Waals surface area contributed by atoms with Gasteiger partial charge in [0.25, 0.3) is 0 Å². The summed E-state index contributed by atoms with van der Waals surface area (Å²) in [5.41, 5.74) is 1.17. The zero-order valence-corrected chi connectivity index (χ0v) is 12.3. The van der Waals surface area contributed by atoms with E-state index in [9.17, 15) is 0 Å². The van der Waals surface area contributed by atoms with Crippen LogP contribution in [0.3, 0.4) is 0 Å². The second-order valence-electron chi connectivity index (χ2n) is 5.97. The molecule has 2 aliphatic heterocycles. The molecule has 0 saturated carbocycles. The van der Waals surface area contributed by atoms with Crippen molar-refractivity contribution in [3.05, 3.63) is 29.8 Å². The average Bonchev–Trinajstić information content (AvgIpc) is 2.36. The van der Waals surface area contributed by atoms with Gasteiger partial charge >= 0.3 is 0 Å². The second-order valence-corrected chi connectivity index (χ2v) is 10.7. The second kappa shape index (κ2) is 4.80. The quantitative estimate of drug-likeness (QED) is 0.762. The highest BCUT2D eigenvalue weighted by Crippen LogP contribution is 2.32. The maximum Gasteiger partial charge on any atom is 0.184 e. The molecule has 98 valence electrons. The molecule has 2 saturated heterocycles. The molecule has 1 aromatic carbocycles. The zero-order chi connectivity index (χ0) is 12.6. The summed E-state index contributed by atoms with van der Waals surface area (Å²) >= 11 is 0. The minimum absolute atomic E-state index is 0.154. The zero-order valence-electron chi connectivity index (χ0n) is 11.3. The van der Waals surface area contributed by atoms with Crippen LogP contribution in [0.1, 0.15) is 31.6 Å². The van der Waals surface area contributed by atoms with Gasteiger partial charge in [0.1, 0.15) is 0 Å². The first kappa shape index (κ1) is 12.4. The van der Waals surface area contributed by atoms with E-state index in [1.165, 1.54) is 24.1 Å². The Morgan fingerprint density at radius 2 is 1.89 bits per heavy atom. The molecule has 2 nitrogen and oxygen atoms in total. The van der Waals surface area contributed by atoms with Crippen LogP contribution in [0.5, 0.6) is 0 Å². The molecule has 0 radical (unpaired) electrons. The van der Waals surface area contributed by atoms with Crippen LogP contribution in [0.15, 0.2) is 24.3 Å². The third-order valence-electron chi connectivity index (χ3n) is 4.49. The fourth-order valence-corrected chi connectivity index (χ4v) is 5.84. The lowest BCUT2D eigenvalue weighted by molar-refractivity contribution is -0.212. The molecule has 2 aliphatic rings. The van der Waals surface area contributed by atoms with Crippen LogP contribution in [0, 0.1) is 0 Å². The minimum Gasteiger partial charge on any atom is -0.348 e. The molecule has 0 amide bonds. The van der Waals surface area contributed by atoms with Gasteiger partial charge in [-0.05, 0) is 13.3 Å². The number of benzene rings is 1. The van der Waals surface area contributed by atoms with Crippen LogP contribution in [-0.4, -0.2) is 20.8 Å². The van der Waals surface area contributed by atoms with Gasteiger partial charge < -0.3 is 9.47 Å². The van der Waals surface area contributed by atoms with E-state index in [2.05, 4.69) is 37.7 Å². The van der Waals surface area contributed by atoms with Crippen molar-refractivity contribution in [3.8, 4) is 0 Å². The van der Waals surface area contributed by atoms with Gasteiger partial charge in [0.05, 0.1) is 20.8 Å². The predicted molar refractivity (Wildman–Crippen MR) is 75.8 cm³/mol. The van der Waals surface area contributed by atoms with E-state index in [4.69, 9.17) is 9.47 Å². The lowest BCUT2D eigenvalue weighted by Gasteiger charge is -2.37. The molecule has 2 heterocycles. The summed E-state index contributed by atoms with van der Waals surface area (Å²) in [6.07, 6.45) is 2.58. The monoisotopic (exact) mass is 262 g/mol. The Morgan fingerprint density at radius 1 is 1.17 bits per heavy atom. The van der Waals surface area contributed by atoms with Crippen molar-refractivity contribution in [3.63, 3.8) is 0 Å². The van der Waals surface area contributed by atoms with Gasteiger partial charge in [0, 0.05) is 5.56 Å². The predicted octanol–water partition coefficient (Wildman–Crippen LogP) is 3.20. The van der Waals surface area contributed by atoms with Crippen LogP contribution in [-0.2, 0) is 9.47 Å². The summed E-state index contributed by atoms with van der Waals surface area (Å²) < 4.78 is 11.5. The SMILES string of the molecule is CC1CCOC(c2ccc([Si]3(C)CCC3)cc2)O1. The molecule has 0 aliphatic carbocycles. The Bertz CT molecular complexity index is 411. The summed E-state index contributed by atoms with van der Waals surface area (Å²) in [5.74, 6) is 0. The molecule has 3 rings (SSSR count). The van der Waals surface area contributed by atoms with E-state index < -0.39 is 8.07 Å². The van der Waals surface area contributed by atoms with Crippen molar-refractivity contribution in [2.24, 2.45) is 0 Å². The maximum atomic E-state index is 5.83. The van der Waals surface area contributed by atoms with E-state index in [-0.39, 0.29) is 6.29 Å². The molecule has 0 spiro atoms. The molecular formula is C15H22O2Si. The Kier molecular flexibility index (Phi) is 3.30. The van der Waals surface area contributed by atoms with Crippen LogP contribution >= 0.6 is 0 Å². The number of rotatable bonds is 2. The summed E-state index contributed by atoms with van der Waals surface area (Å²) in [6.45, 7) is 5.42. The molecular weight excluding hydrogens is 240 g/mol. The van der Waals surface area contributed by atoms with Crippen molar-refractivity contribution >= 4 is 13.3 Å². The van der Waals surface area contributed by atoms with Crippen LogP contribution in [0.25, 0.3) is 0 Å². The van der Waals surface area contributed by atoms with Crippen molar-refractivity contribution in [2.75, 3.05) is 6.61 Å². The third-order valence-corrected chi connectivity index (χ3v) is 9.13. The first-order valence-electron chi connectivity index (χ1n) is 7.05. The Morgan fingerprint density at radius 3 is 2.44 bits per heavy atom. The smallest absolute Gasteiger partial charge is 0.184 e. The molecule has 2 fully saturated rings. The fourth-order valence-electron chi connectivity index (χ4n) is 2.87. The molecule has 0 aromatic heterocycles. The summed E-state index contributed by atoms with van der Waals surface area (Å²) in [4.78, 5) is 0.